The second-order valence-electron chi connectivity index (χ2n) is 6.14. The van der Waals surface area contributed by atoms with E-state index >= 15 is 0 Å². The molecule has 2 N–H and O–H groups in total. The van der Waals surface area contributed by atoms with Crippen molar-refractivity contribution in [2.24, 2.45) is 0 Å². The number of carbonyl (C=O) groups is 3. The van der Waals surface area contributed by atoms with Gasteiger partial charge in [0.1, 0.15) is 0 Å². The zero-order valence-corrected chi connectivity index (χ0v) is 17.2. The van der Waals surface area contributed by atoms with E-state index in [1.54, 1.807) is 13.0 Å². The Labute approximate surface area is 181 Å². The van der Waals surface area contributed by atoms with Crippen LogP contribution < -0.4 is 10.6 Å². The normalized spacial score (nSPS) is 10.2. The first-order valence-electron chi connectivity index (χ1n) is 8.61. The van der Waals surface area contributed by atoms with Crippen LogP contribution in [0.25, 0.3) is 0 Å². The van der Waals surface area contributed by atoms with Crippen LogP contribution in [-0.4, -0.2) is 29.3 Å². The average molecular weight is 454 g/mol. The Morgan fingerprint density at radius 2 is 1.77 bits per heavy atom. The molecule has 0 spiro atoms. The van der Waals surface area contributed by atoms with Gasteiger partial charge in [0.25, 0.3) is 11.6 Å². The summed E-state index contributed by atoms with van der Waals surface area (Å²) in [5.41, 5.74) is 0.817. The minimum atomic E-state index is -0.757. The van der Waals surface area contributed by atoms with E-state index in [4.69, 9.17) is 27.9 Å². The number of ether oxygens (including phenoxy) is 1. The van der Waals surface area contributed by atoms with Crippen LogP contribution in [0.1, 0.15) is 18.4 Å². The molecule has 9 nitrogen and oxygen atoms in total. The van der Waals surface area contributed by atoms with Crippen molar-refractivity contribution < 1.29 is 24.0 Å². The van der Waals surface area contributed by atoms with E-state index in [-0.39, 0.29) is 24.2 Å². The summed E-state index contributed by atoms with van der Waals surface area (Å²) in [5.74, 6) is -1.91. The molecule has 0 heterocycles. The summed E-state index contributed by atoms with van der Waals surface area (Å²) in [5, 5.41) is 16.5. The SMILES string of the molecule is Cc1ccc(NC(=O)COC(=O)CCC(=O)Nc2cc(Cl)ccc2Cl)cc1[N+](=O)[O-]. The number of halogens is 2. The van der Waals surface area contributed by atoms with Gasteiger partial charge >= 0.3 is 5.97 Å². The fourth-order valence-electron chi connectivity index (χ4n) is 2.32. The minimum Gasteiger partial charge on any atom is -0.456 e. The first-order chi connectivity index (χ1) is 14.2. The predicted molar refractivity (Wildman–Crippen MR) is 112 cm³/mol. The fraction of sp³-hybridized carbons (Fsp3) is 0.211. The molecule has 2 rings (SSSR count). The summed E-state index contributed by atoms with van der Waals surface area (Å²) in [6, 6.07) is 8.75. The van der Waals surface area contributed by atoms with E-state index in [2.05, 4.69) is 10.6 Å². The third kappa shape index (κ3) is 7.02. The highest BCUT2D eigenvalue weighted by molar-refractivity contribution is 6.35. The molecule has 2 amide bonds. The van der Waals surface area contributed by atoms with Gasteiger partial charge in [-0.2, -0.15) is 0 Å². The zero-order valence-electron chi connectivity index (χ0n) is 15.7. The Kier molecular flexibility index (Phi) is 8.14. The smallest absolute Gasteiger partial charge is 0.306 e. The Hall–Kier alpha value is -3.17. The summed E-state index contributed by atoms with van der Waals surface area (Å²) in [4.78, 5) is 45.9. The second kappa shape index (κ2) is 10.6. The molecule has 0 aliphatic rings. The van der Waals surface area contributed by atoms with Crippen molar-refractivity contribution in [2.45, 2.75) is 19.8 Å². The predicted octanol–water partition coefficient (Wildman–Crippen LogP) is 4.11. The number of rotatable bonds is 8. The summed E-state index contributed by atoms with van der Waals surface area (Å²) in [6.45, 7) is 0.976. The Balaban J connectivity index is 1.77. The standard InChI is InChI=1S/C19H17Cl2N3O6/c1-11-2-4-13(9-16(11)24(28)29)22-18(26)10-30-19(27)7-6-17(25)23-15-8-12(20)3-5-14(15)21/h2-5,8-9H,6-7,10H2,1H3,(H,22,26)(H,23,25). The molecule has 2 aromatic rings. The molecule has 0 saturated carbocycles. The Bertz CT molecular complexity index is 996. The van der Waals surface area contributed by atoms with Crippen LogP contribution in [0.3, 0.4) is 0 Å². The molecule has 0 bridgehead atoms. The van der Waals surface area contributed by atoms with E-state index in [0.717, 1.165) is 0 Å². The maximum absolute atomic E-state index is 11.9. The van der Waals surface area contributed by atoms with Gasteiger partial charge in [0.05, 0.1) is 22.1 Å². The average Bonchev–Trinajstić information content (AvgIpc) is 2.69. The van der Waals surface area contributed by atoms with E-state index in [1.807, 2.05) is 0 Å². The van der Waals surface area contributed by atoms with Crippen LogP contribution in [0.5, 0.6) is 0 Å². The number of nitro benzene ring substituents is 1. The molecule has 0 unspecified atom stereocenters. The van der Waals surface area contributed by atoms with Crippen LogP contribution in [0.15, 0.2) is 36.4 Å². The van der Waals surface area contributed by atoms with Crippen LogP contribution in [0.4, 0.5) is 17.1 Å². The number of nitrogens with one attached hydrogen (secondary N) is 2. The molecule has 30 heavy (non-hydrogen) atoms. The van der Waals surface area contributed by atoms with Gasteiger partial charge in [0, 0.05) is 28.8 Å². The third-order valence-corrected chi connectivity index (χ3v) is 4.38. The summed E-state index contributed by atoms with van der Waals surface area (Å²) >= 11 is 11.8. The highest BCUT2D eigenvalue weighted by Crippen LogP contribution is 2.25. The number of nitrogens with zero attached hydrogens (tertiary/aromatic N) is 1. The second-order valence-corrected chi connectivity index (χ2v) is 6.98. The molecule has 0 aliphatic carbocycles. The van der Waals surface area contributed by atoms with Crippen LogP contribution in [0.2, 0.25) is 10.0 Å². The van der Waals surface area contributed by atoms with Gasteiger partial charge in [0.15, 0.2) is 6.61 Å². The van der Waals surface area contributed by atoms with E-state index in [1.165, 1.54) is 30.3 Å². The van der Waals surface area contributed by atoms with Gasteiger partial charge < -0.3 is 15.4 Å². The van der Waals surface area contributed by atoms with E-state index < -0.39 is 29.3 Å². The summed E-state index contributed by atoms with van der Waals surface area (Å²) in [6.07, 6.45) is -0.444. The van der Waals surface area contributed by atoms with E-state index in [9.17, 15) is 24.5 Å². The van der Waals surface area contributed by atoms with Gasteiger partial charge in [-0.25, -0.2) is 0 Å². The van der Waals surface area contributed by atoms with Crippen molar-refractivity contribution in [2.75, 3.05) is 17.2 Å². The molecule has 0 aromatic heterocycles. The Morgan fingerprint density at radius 1 is 1.03 bits per heavy atom. The molecular weight excluding hydrogens is 437 g/mol. The summed E-state index contributed by atoms with van der Waals surface area (Å²) in [7, 11) is 0. The molecule has 11 heteroatoms. The maximum atomic E-state index is 11.9. The number of carbonyl (C=O) groups excluding carboxylic acids is 3. The van der Waals surface area contributed by atoms with Crippen molar-refractivity contribution in [1.29, 1.82) is 0 Å². The minimum absolute atomic E-state index is 0.143. The lowest BCUT2D eigenvalue weighted by atomic mass is 10.2. The lowest BCUT2D eigenvalue weighted by molar-refractivity contribution is -0.385. The topological polar surface area (TPSA) is 128 Å². The summed E-state index contributed by atoms with van der Waals surface area (Å²) < 4.78 is 4.81. The number of anilines is 2. The number of esters is 1. The number of nitro groups is 1. The number of amides is 2. The molecule has 158 valence electrons. The lowest BCUT2D eigenvalue weighted by Gasteiger charge is -2.09. The molecule has 0 radical (unpaired) electrons. The van der Waals surface area contributed by atoms with Gasteiger partial charge in [0.2, 0.25) is 5.91 Å². The molecule has 0 atom stereocenters. The maximum Gasteiger partial charge on any atom is 0.306 e. The van der Waals surface area contributed by atoms with Crippen molar-refractivity contribution in [1.82, 2.24) is 0 Å². The first-order valence-corrected chi connectivity index (χ1v) is 9.36. The molecule has 0 fully saturated rings. The highest BCUT2D eigenvalue weighted by atomic mass is 35.5. The number of hydrogen-bond acceptors (Lipinski definition) is 6. The third-order valence-electron chi connectivity index (χ3n) is 3.81. The van der Waals surface area contributed by atoms with Crippen molar-refractivity contribution >= 4 is 58.0 Å². The van der Waals surface area contributed by atoms with Crippen molar-refractivity contribution in [3.63, 3.8) is 0 Å². The van der Waals surface area contributed by atoms with Crippen LogP contribution in [-0.2, 0) is 19.1 Å². The number of aryl methyl sites for hydroxylation is 1. The Morgan fingerprint density at radius 3 is 2.47 bits per heavy atom. The van der Waals surface area contributed by atoms with Gasteiger partial charge in [-0.05, 0) is 31.2 Å². The number of benzene rings is 2. The largest absolute Gasteiger partial charge is 0.456 e. The highest BCUT2D eigenvalue weighted by Gasteiger charge is 2.14. The quantitative estimate of drug-likeness (QED) is 0.351. The van der Waals surface area contributed by atoms with Crippen molar-refractivity contribution in [3.05, 3.63) is 62.1 Å². The molecular formula is C19H17Cl2N3O6. The van der Waals surface area contributed by atoms with Gasteiger partial charge in [-0.15, -0.1) is 0 Å². The lowest BCUT2D eigenvalue weighted by Crippen LogP contribution is -2.22. The van der Waals surface area contributed by atoms with E-state index in [0.29, 0.717) is 21.3 Å². The molecule has 0 aliphatic heterocycles. The van der Waals surface area contributed by atoms with Crippen LogP contribution >= 0.6 is 23.2 Å². The molecule has 0 saturated heterocycles. The number of hydrogen-bond donors (Lipinski definition) is 2. The fourth-order valence-corrected chi connectivity index (χ4v) is 2.66. The van der Waals surface area contributed by atoms with Gasteiger partial charge in [-0.3, -0.25) is 24.5 Å². The van der Waals surface area contributed by atoms with Gasteiger partial charge in [-0.1, -0.05) is 29.3 Å². The van der Waals surface area contributed by atoms with Crippen LogP contribution in [0, 0.1) is 17.0 Å². The zero-order chi connectivity index (χ0) is 22.3. The monoisotopic (exact) mass is 453 g/mol. The van der Waals surface area contributed by atoms with Crippen molar-refractivity contribution in [3.8, 4) is 0 Å². The molecule has 2 aromatic carbocycles. The first kappa shape index (κ1) is 23.1.